The maximum atomic E-state index is 13.1. The maximum absolute atomic E-state index is 13.1. The van der Waals surface area contributed by atoms with Crippen molar-refractivity contribution in [3.63, 3.8) is 0 Å². The van der Waals surface area contributed by atoms with Gasteiger partial charge >= 0.3 is 5.97 Å². The molecule has 1 spiro atoms. The van der Waals surface area contributed by atoms with E-state index < -0.39 is 0 Å². The highest BCUT2D eigenvalue weighted by atomic mass is 16.5. The van der Waals surface area contributed by atoms with Gasteiger partial charge in [0.2, 0.25) is 0 Å². The molecule has 2 fully saturated rings. The first-order valence-electron chi connectivity index (χ1n) is 12.4. The topological polar surface area (TPSA) is 67.9 Å². The molecule has 1 N–H and O–H groups in total. The Morgan fingerprint density at radius 1 is 1.06 bits per heavy atom. The normalized spacial score (nSPS) is 19.7. The number of para-hydroxylation sites is 1. The number of fused-ring (bicyclic) bond motifs is 1. The van der Waals surface area contributed by atoms with Crippen LogP contribution in [-0.2, 0) is 9.53 Å². The molecule has 0 atom stereocenters. The van der Waals surface area contributed by atoms with Gasteiger partial charge in [0.25, 0.3) is 5.91 Å². The van der Waals surface area contributed by atoms with Gasteiger partial charge in [-0.2, -0.15) is 0 Å². The standard InChI is InChI=1S/C28H32N2O4/c1-2-33-27(32)22-11-17-30(18-12-22)26(31)21-9-7-20(8-10-21)24-19-28(13-15-29-16-14-28)34-25-6-4-3-5-23(24)25/h3-10,19,22,29H,2,11-18H2,1H3. The van der Waals surface area contributed by atoms with E-state index in [1.807, 2.05) is 54.3 Å². The van der Waals surface area contributed by atoms with Crippen LogP contribution in [0.2, 0.25) is 0 Å². The second-order valence-corrected chi connectivity index (χ2v) is 9.37. The summed E-state index contributed by atoms with van der Waals surface area (Å²) >= 11 is 0. The molecule has 2 saturated heterocycles. The molecule has 3 heterocycles. The van der Waals surface area contributed by atoms with Crippen LogP contribution < -0.4 is 10.1 Å². The summed E-state index contributed by atoms with van der Waals surface area (Å²) < 4.78 is 11.6. The molecule has 0 unspecified atom stereocenters. The first-order valence-corrected chi connectivity index (χ1v) is 12.4. The number of amides is 1. The molecule has 5 rings (SSSR count). The van der Waals surface area contributed by atoms with Crippen LogP contribution in [0.5, 0.6) is 5.75 Å². The van der Waals surface area contributed by atoms with Crippen LogP contribution in [0.1, 0.15) is 54.1 Å². The Hall–Kier alpha value is -3.12. The Balaban J connectivity index is 1.33. The van der Waals surface area contributed by atoms with Crippen molar-refractivity contribution in [3.05, 3.63) is 71.3 Å². The molecule has 6 heteroatoms. The van der Waals surface area contributed by atoms with E-state index in [1.54, 1.807) is 0 Å². The average Bonchev–Trinajstić information content (AvgIpc) is 2.88. The van der Waals surface area contributed by atoms with E-state index in [9.17, 15) is 9.59 Å². The number of nitrogens with zero attached hydrogens (tertiary/aromatic N) is 1. The van der Waals surface area contributed by atoms with Gasteiger partial charge in [-0.25, -0.2) is 0 Å². The van der Waals surface area contributed by atoms with Gasteiger partial charge in [0.15, 0.2) is 0 Å². The molecule has 0 radical (unpaired) electrons. The summed E-state index contributed by atoms with van der Waals surface area (Å²) in [6, 6.07) is 16.1. The maximum Gasteiger partial charge on any atom is 0.309 e. The van der Waals surface area contributed by atoms with Crippen molar-refractivity contribution in [2.75, 3.05) is 32.8 Å². The fraction of sp³-hybridized carbons (Fsp3) is 0.429. The minimum Gasteiger partial charge on any atom is -0.482 e. The summed E-state index contributed by atoms with van der Waals surface area (Å²) in [5.41, 5.74) is 3.74. The molecule has 178 valence electrons. The largest absolute Gasteiger partial charge is 0.482 e. The Bertz CT molecular complexity index is 1080. The van der Waals surface area contributed by atoms with E-state index in [1.165, 1.54) is 0 Å². The summed E-state index contributed by atoms with van der Waals surface area (Å²) in [4.78, 5) is 26.9. The van der Waals surface area contributed by atoms with E-state index in [2.05, 4.69) is 17.5 Å². The van der Waals surface area contributed by atoms with E-state index >= 15 is 0 Å². The van der Waals surface area contributed by atoms with Crippen molar-refractivity contribution >= 4 is 17.4 Å². The van der Waals surface area contributed by atoms with Crippen molar-refractivity contribution < 1.29 is 19.1 Å². The fourth-order valence-corrected chi connectivity index (χ4v) is 5.26. The number of piperidine rings is 2. The molecule has 2 aromatic carbocycles. The molecule has 0 bridgehead atoms. The third-order valence-electron chi connectivity index (χ3n) is 7.19. The highest BCUT2D eigenvalue weighted by molar-refractivity contribution is 5.95. The van der Waals surface area contributed by atoms with Crippen LogP contribution in [0.25, 0.3) is 5.57 Å². The van der Waals surface area contributed by atoms with Gasteiger partial charge in [0, 0.05) is 37.1 Å². The Labute approximate surface area is 200 Å². The Morgan fingerprint density at radius 3 is 2.47 bits per heavy atom. The number of carbonyl (C=O) groups excluding carboxylic acids is 2. The van der Waals surface area contributed by atoms with Gasteiger partial charge in [-0.1, -0.05) is 30.3 Å². The number of ether oxygens (including phenoxy) is 2. The third-order valence-corrected chi connectivity index (χ3v) is 7.19. The van der Waals surface area contributed by atoms with Crippen molar-refractivity contribution in [1.29, 1.82) is 0 Å². The van der Waals surface area contributed by atoms with Crippen LogP contribution in [0.3, 0.4) is 0 Å². The minimum atomic E-state index is -0.285. The van der Waals surface area contributed by atoms with Crippen molar-refractivity contribution in [3.8, 4) is 5.75 Å². The smallest absolute Gasteiger partial charge is 0.309 e. The zero-order valence-electron chi connectivity index (χ0n) is 19.7. The van der Waals surface area contributed by atoms with E-state index in [0.29, 0.717) is 38.1 Å². The van der Waals surface area contributed by atoms with Crippen molar-refractivity contribution in [2.24, 2.45) is 5.92 Å². The zero-order valence-corrected chi connectivity index (χ0v) is 19.7. The number of hydrogen-bond acceptors (Lipinski definition) is 5. The van der Waals surface area contributed by atoms with Crippen LogP contribution in [-0.4, -0.2) is 55.2 Å². The molecule has 3 aliphatic rings. The monoisotopic (exact) mass is 460 g/mol. The molecular formula is C28H32N2O4. The molecule has 1 amide bonds. The van der Waals surface area contributed by atoms with Gasteiger partial charge in [-0.3, -0.25) is 9.59 Å². The van der Waals surface area contributed by atoms with Crippen molar-refractivity contribution in [2.45, 2.75) is 38.2 Å². The summed E-state index contributed by atoms with van der Waals surface area (Å²) in [5, 5.41) is 3.42. The lowest BCUT2D eigenvalue weighted by Crippen LogP contribution is -2.46. The first kappa shape index (κ1) is 22.7. The average molecular weight is 461 g/mol. The zero-order chi connectivity index (χ0) is 23.5. The number of likely N-dealkylation sites (tertiary alicyclic amines) is 1. The lowest BCUT2D eigenvalue weighted by Gasteiger charge is -2.40. The minimum absolute atomic E-state index is 0.0186. The van der Waals surface area contributed by atoms with Gasteiger partial charge < -0.3 is 19.7 Å². The van der Waals surface area contributed by atoms with Gasteiger partial charge in [0.05, 0.1) is 12.5 Å². The highest BCUT2D eigenvalue weighted by Gasteiger charge is 2.37. The number of esters is 1. The van der Waals surface area contributed by atoms with Crippen LogP contribution in [0.15, 0.2) is 54.6 Å². The Kier molecular flexibility index (Phi) is 6.42. The second-order valence-electron chi connectivity index (χ2n) is 9.37. The predicted molar refractivity (Wildman–Crippen MR) is 131 cm³/mol. The number of rotatable bonds is 4. The molecule has 34 heavy (non-hydrogen) atoms. The summed E-state index contributed by atoms with van der Waals surface area (Å²) in [6.07, 6.45) is 5.46. The fourth-order valence-electron chi connectivity index (χ4n) is 5.26. The van der Waals surface area contributed by atoms with Gasteiger partial charge in [-0.05, 0) is 68.3 Å². The number of benzene rings is 2. The summed E-state index contributed by atoms with van der Waals surface area (Å²) in [7, 11) is 0. The van der Waals surface area contributed by atoms with E-state index in [-0.39, 0.29) is 23.4 Å². The molecule has 0 saturated carbocycles. The molecule has 3 aliphatic heterocycles. The third kappa shape index (κ3) is 4.47. The lowest BCUT2D eigenvalue weighted by molar-refractivity contribution is -0.149. The van der Waals surface area contributed by atoms with E-state index in [4.69, 9.17) is 9.47 Å². The Morgan fingerprint density at radius 2 is 1.76 bits per heavy atom. The number of nitrogens with one attached hydrogen (secondary N) is 1. The summed E-state index contributed by atoms with van der Waals surface area (Å²) in [6.45, 7) is 5.25. The van der Waals surface area contributed by atoms with Crippen LogP contribution in [0.4, 0.5) is 0 Å². The number of hydrogen-bond donors (Lipinski definition) is 1. The number of carbonyl (C=O) groups is 2. The van der Waals surface area contributed by atoms with Gasteiger partial charge in [0.1, 0.15) is 11.4 Å². The van der Waals surface area contributed by atoms with E-state index in [0.717, 1.165) is 48.4 Å². The first-order chi connectivity index (χ1) is 16.6. The van der Waals surface area contributed by atoms with Gasteiger partial charge in [-0.15, -0.1) is 0 Å². The predicted octanol–water partition coefficient (Wildman–Crippen LogP) is 4.05. The quantitative estimate of drug-likeness (QED) is 0.698. The highest BCUT2D eigenvalue weighted by Crippen LogP contribution is 2.42. The molecular weight excluding hydrogens is 428 g/mol. The lowest BCUT2D eigenvalue weighted by atomic mass is 9.83. The SMILES string of the molecule is CCOC(=O)C1CCN(C(=O)c2ccc(C3=CC4(CCNCC4)Oc4ccccc43)cc2)CC1. The van der Waals surface area contributed by atoms with Crippen molar-refractivity contribution in [1.82, 2.24) is 10.2 Å². The molecule has 0 aromatic heterocycles. The molecule has 6 nitrogen and oxygen atoms in total. The van der Waals surface area contributed by atoms with Crippen LogP contribution >= 0.6 is 0 Å². The molecule has 2 aromatic rings. The molecule has 0 aliphatic carbocycles. The van der Waals surface area contributed by atoms with Crippen LogP contribution in [0, 0.1) is 5.92 Å². The second kappa shape index (κ2) is 9.63. The summed E-state index contributed by atoms with van der Waals surface area (Å²) in [5.74, 6) is 0.696.